The van der Waals surface area contributed by atoms with Crippen molar-refractivity contribution in [2.24, 2.45) is 17.3 Å². The van der Waals surface area contributed by atoms with Gasteiger partial charge in [-0.3, -0.25) is 14.4 Å². The van der Waals surface area contributed by atoms with Crippen LogP contribution in [0.2, 0.25) is 0 Å². The van der Waals surface area contributed by atoms with Gasteiger partial charge in [-0.05, 0) is 20.3 Å². The van der Waals surface area contributed by atoms with Gasteiger partial charge in [-0.1, -0.05) is 12.2 Å². The topological polar surface area (TPSA) is 88.1 Å². The average molecular weight is 352 g/mol. The van der Waals surface area contributed by atoms with Crippen molar-refractivity contribution in [3.8, 4) is 0 Å². The maximum absolute atomic E-state index is 12.6. The number of methoxy groups -OCH3 is 1. The van der Waals surface area contributed by atoms with Gasteiger partial charge in [0.1, 0.15) is 24.4 Å². The van der Waals surface area contributed by atoms with Crippen LogP contribution in [0.15, 0.2) is 12.2 Å². The van der Waals surface area contributed by atoms with Crippen molar-refractivity contribution in [1.29, 1.82) is 0 Å². The van der Waals surface area contributed by atoms with Crippen molar-refractivity contribution < 1.29 is 33.3 Å². The van der Waals surface area contributed by atoms with E-state index in [1.165, 1.54) is 14.0 Å². The van der Waals surface area contributed by atoms with E-state index in [0.717, 1.165) is 0 Å². The molecule has 0 radical (unpaired) electrons. The van der Waals surface area contributed by atoms with Crippen LogP contribution in [0.5, 0.6) is 0 Å². The van der Waals surface area contributed by atoms with Crippen LogP contribution in [0, 0.1) is 17.3 Å². The molecule has 5 atom stereocenters. The summed E-state index contributed by atoms with van der Waals surface area (Å²) in [6.07, 6.45) is 3.69. The van der Waals surface area contributed by atoms with Gasteiger partial charge in [-0.25, -0.2) is 0 Å². The molecule has 7 heteroatoms. The minimum absolute atomic E-state index is 0.0945. The molecule has 0 bridgehead atoms. The quantitative estimate of drug-likeness (QED) is 0.431. The lowest BCUT2D eigenvalue weighted by Gasteiger charge is -2.49. The second-order valence-corrected chi connectivity index (χ2v) is 7.43. The van der Waals surface area contributed by atoms with E-state index < -0.39 is 41.1 Å². The molecule has 0 N–H and O–H groups in total. The Morgan fingerprint density at radius 3 is 2.68 bits per heavy atom. The van der Waals surface area contributed by atoms with E-state index in [-0.39, 0.29) is 24.9 Å². The molecule has 0 amide bonds. The number of esters is 2. The van der Waals surface area contributed by atoms with E-state index >= 15 is 0 Å². The van der Waals surface area contributed by atoms with Gasteiger partial charge in [0.05, 0.1) is 13.2 Å². The summed E-state index contributed by atoms with van der Waals surface area (Å²) in [5, 5.41) is 0. The highest BCUT2D eigenvalue weighted by Gasteiger charge is 2.61. The largest absolute Gasteiger partial charge is 0.468 e. The van der Waals surface area contributed by atoms with Gasteiger partial charge in [0.25, 0.3) is 0 Å². The first-order chi connectivity index (χ1) is 11.7. The summed E-state index contributed by atoms with van der Waals surface area (Å²) in [6, 6.07) is 0. The zero-order valence-corrected chi connectivity index (χ0v) is 14.9. The molecule has 1 saturated carbocycles. The van der Waals surface area contributed by atoms with E-state index in [9.17, 15) is 14.4 Å². The lowest BCUT2D eigenvalue weighted by Crippen LogP contribution is -2.57. The van der Waals surface area contributed by atoms with Gasteiger partial charge in [-0.2, -0.15) is 0 Å². The van der Waals surface area contributed by atoms with Crippen molar-refractivity contribution in [3.05, 3.63) is 12.2 Å². The first-order valence-electron chi connectivity index (χ1n) is 8.48. The molecule has 0 spiro atoms. The van der Waals surface area contributed by atoms with E-state index in [4.69, 9.17) is 18.9 Å². The molecule has 0 aromatic heterocycles. The normalized spacial score (nSPS) is 38.6. The summed E-state index contributed by atoms with van der Waals surface area (Å²) in [4.78, 5) is 36.3. The lowest BCUT2D eigenvalue weighted by molar-refractivity contribution is -0.177. The molecule has 138 valence electrons. The van der Waals surface area contributed by atoms with Crippen LogP contribution in [0.4, 0.5) is 0 Å². The second-order valence-electron chi connectivity index (χ2n) is 7.43. The Kier molecular flexibility index (Phi) is 4.49. The molecule has 7 nitrogen and oxygen atoms in total. The number of carbonyl (C=O) groups is 3. The van der Waals surface area contributed by atoms with Gasteiger partial charge in [0, 0.05) is 24.7 Å². The number of ether oxygens (including phenoxy) is 4. The van der Waals surface area contributed by atoms with Crippen LogP contribution in [-0.4, -0.2) is 49.4 Å². The molecule has 3 aliphatic rings. The molecule has 1 aliphatic heterocycles. The van der Waals surface area contributed by atoms with Crippen molar-refractivity contribution in [3.63, 3.8) is 0 Å². The summed E-state index contributed by atoms with van der Waals surface area (Å²) in [5.74, 6) is -3.43. The molecular weight excluding hydrogens is 328 g/mol. The number of Topliss-reactive ketones (excluding diaryl/α,β-unsaturated/α-hetero) is 1. The molecule has 1 heterocycles. The Morgan fingerprint density at radius 1 is 1.32 bits per heavy atom. The number of ketones is 1. The summed E-state index contributed by atoms with van der Waals surface area (Å²) in [5.41, 5.74) is -0.649. The van der Waals surface area contributed by atoms with Gasteiger partial charge in [0.2, 0.25) is 0 Å². The number of hydrogen-bond donors (Lipinski definition) is 0. The Morgan fingerprint density at radius 2 is 2.04 bits per heavy atom. The zero-order chi connectivity index (χ0) is 18.4. The SMILES string of the molecule is COC(=O)C1C(=O)CC[C@]2(COC(C)=O)C=C[C@H]3OC(C)(C)O[C@H]3[C@@H]12. The number of rotatable bonds is 3. The van der Waals surface area contributed by atoms with E-state index in [1.807, 2.05) is 12.2 Å². The number of fused-ring (bicyclic) bond motifs is 3. The van der Waals surface area contributed by atoms with Crippen molar-refractivity contribution >= 4 is 17.7 Å². The Labute approximate surface area is 146 Å². The van der Waals surface area contributed by atoms with Crippen LogP contribution in [-0.2, 0) is 33.3 Å². The molecule has 3 rings (SSSR count). The molecule has 1 saturated heterocycles. The predicted molar refractivity (Wildman–Crippen MR) is 85.3 cm³/mol. The first-order valence-corrected chi connectivity index (χ1v) is 8.48. The first kappa shape index (κ1) is 18.1. The molecule has 0 aromatic carbocycles. The van der Waals surface area contributed by atoms with Crippen molar-refractivity contribution in [1.82, 2.24) is 0 Å². The van der Waals surface area contributed by atoms with Crippen LogP contribution < -0.4 is 0 Å². The van der Waals surface area contributed by atoms with Gasteiger partial charge in [-0.15, -0.1) is 0 Å². The van der Waals surface area contributed by atoms with Crippen LogP contribution in [0.3, 0.4) is 0 Å². The monoisotopic (exact) mass is 352 g/mol. The summed E-state index contributed by atoms with van der Waals surface area (Å²) < 4.78 is 22.1. The Bertz CT molecular complexity index is 615. The molecule has 25 heavy (non-hydrogen) atoms. The third-order valence-electron chi connectivity index (χ3n) is 5.34. The average Bonchev–Trinajstić information content (AvgIpc) is 2.87. The smallest absolute Gasteiger partial charge is 0.316 e. The standard InChI is InChI=1S/C18H24O7/c1-10(19)23-9-18-7-5-11(20)13(16(21)22-4)14(18)15-12(6-8-18)24-17(2,3)25-15/h6,8,12-15H,5,7,9H2,1-4H3/t12-,13?,14-,15-,18-/m1/s1. The van der Waals surface area contributed by atoms with E-state index in [0.29, 0.717) is 6.42 Å². The maximum Gasteiger partial charge on any atom is 0.316 e. The lowest BCUT2D eigenvalue weighted by atomic mass is 9.56. The third-order valence-corrected chi connectivity index (χ3v) is 5.34. The van der Waals surface area contributed by atoms with E-state index in [2.05, 4.69) is 0 Å². The van der Waals surface area contributed by atoms with E-state index in [1.54, 1.807) is 13.8 Å². The van der Waals surface area contributed by atoms with Crippen molar-refractivity contribution in [2.75, 3.05) is 13.7 Å². The van der Waals surface area contributed by atoms with Gasteiger partial charge >= 0.3 is 11.9 Å². The third kappa shape index (κ3) is 3.11. The second kappa shape index (κ2) is 6.21. The highest BCUT2D eigenvalue weighted by molar-refractivity contribution is 6.00. The number of hydrogen-bond acceptors (Lipinski definition) is 7. The van der Waals surface area contributed by atoms with Crippen molar-refractivity contribution in [2.45, 2.75) is 51.6 Å². The highest BCUT2D eigenvalue weighted by Crippen LogP contribution is 2.53. The molecule has 2 aliphatic carbocycles. The Balaban J connectivity index is 2.03. The molecule has 2 fully saturated rings. The minimum atomic E-state index is -0.954. The maximum atomic E-state index is 12.6. The zero-order valence-electron chi connectivity index (χ0n) is 14.9. The highest BCUT2D eigenvalue weighted by atomic mass is 16.8. The van der Waals surface area contributed by atoms with Gasteiger partial charge < -0.3 is 18.9 Å². The number of carbonyl (C=O) groups excluding carboxylic acids is 3. The Hall–Kier alpha value is -1.73. The summed E-state index contributed by atoms with van der Waals surface area (Å²) >= 11 is 0. The van der Waals surface area contributed by atoms with Gasteiger partial charge in [0.15, 0.2) is 5.79 Å². The molecule has 0 aromatic rings. The summed E-state index contributed by atoms with van der Waals surface area (Å²) in [7, 11) is 1.27. The fourth-order valence-electron chi connectivity index (χ4n) is 4.31. The fraction of sp³-hybridized carbons (Fsp3) is 0.722. The predicted octanol–water partition coefficient (Wildman–Crippen LogP) is 1.39. The molecule has 1 unspecified atom stereocenters. The summed E-state index contributed by atoms with van der Waals surface area (Å²) in [6.45, 7) is 5.03. The fourth-order valence-corrected chi connectivity index (χ4v) is 4.31. The molecular formula is C18H24O7. The minimum Gasteiger partial charge on any atom is -0.468 e. The van der Waals surface area contributed by atoms with Crippen LogP contribution >= 0.6 is 0 Å². The van der Waals surface area contributed by atoms with Crippen LogP contribution in [0.25, 0.3) is 0 Å². The van der Waals surface area contributed by atoms with Crippen LogP contribution in [0.1, 0.15) is 33.6 Å².